The van der Waals surface area contributed by atoms with Gasteiger partial charge in [0.15, 0.2) is 0 Å². The lowest BCUT2D eigenvalue weighted by Crippen LogP contribution is -2.51. The Morgan fingerprint density at radius 2 is 1.76 bits per heavy atom. The summed E-state index contributed by atoms with van der Waals surface area (Å²) < 4.78 is 34.3. The average Bonchev–Trinajstić information content (AvgIpc) is 2.75. The van der Waals surface area contributed by atoms with Crippen LogP contribution in [0, 0.1) is 6.92 Å². The molecule has 3 heterocycles. The first kappa shape index (κ1) is 20.5. The van der Waals surface area contributed by atoms with Gasteiger partial charge in [0.1, 0.15) is 0 Å². The van der Waals surface area contributed by atoms with Crippen LogP contribution in [0.4, 0.5) is 5.69 Å². The molecule has 8 heteroatoms. The number of hydrogen-bond donors (Lipinski definition) is 1. The number of pyridine rings is 1. The molecule has 2 aliphatic heterocycles. The van der Waals surface area contributed by atoms with E-state index in [4.69, 9.17) is 9.72 Å². The Labute approximate surface area is 173 Å². The number of hydrogen-bond acceptors (Lipinski definition) is 5. The van der Waals surface area contributed by atoms with Crippen molar-refractivity contribution in [1.29, 1.82) is 0 Å². The van der Waals surface area contributed by atoms with Gasteiger partial charge in [-0.15, -0.1) is 0 Å². The molecule has 158 valence electrons. The van der Waals surface area contributed by atoms with Crippen LogP contribution in [-0.4, -0.2) is 67.4 Å². The number of rotatable bonds is 5. The lowest BCUT2D eigenvalue weighted by Gasteiger charge is -2.36. The maximum absolute atomic E-state index is 12.9. The van der Waals surface area contributed by atoms with E-state index in [9.17, 15) is 8.42 Å². The second kappa shape index (κ2) is 8.55. The summed E-state index contributed by atoms with van der Waals surface area (Å²) in [7, 11) is -3.39. The lowest BCUT2D eigenvalue weighted by atomic mass is 10.0. The number of piperidine rings is 1. The third kappa shape index (κ3) is 4.12. The molecule has 2 fully saturated rings. The zero-order valence-corrected chi connectivity index (χ0v) is 18.0. The predicted octanol–water partition coefficient (Wildman–Crippen LogP) is 2.56. The van der Waals surface area contributed by atoms with Crippen LogP contribution in [-0.2, 0) is 21.4 Å². The number of ether oxygens (including phenoxy) is 1. The van der Waals surface area contributed by atoms with Crippen molar-refractivity contribution < 1.29 is 13.2 Å². The minimum atomic E-state index is -3.39. The van der Waals surface area contributed by atoms with Crippen molar-refractivity contribution in [1.82, 2.24) is 13.6 Å². The van der Waals surface area contributed by atoms with Gasteiger partial charge in [-0.1, -0.05) is 25.1 Å². The normalized spacial score (nSPS) is 20.2. The maximum Gasteiger partial charge on any atom is 0.282 e. The van der Waals surface area contributed by atoms with Gasteiger partial charge in [0.25, 0.3) is 10.2 Å². The van der Waals surface area contributed by atoms with Crippen LogP contribution in [0.5, 0.6) is 0 Å². The fraction of sp³-hybridized carbons (Fsp3) is 0.571. The quantitative estimate of drug-likeness (QED) is 0.808. The smallest absolute Gasteiger partial charge is 0.282 e. The number of benzene rings is 1. The molecule has 4 rings (SSSR count). The Morgan fingerprint density at radius 1 is 1.10 bits per heavy atom. The Balaban J connectivity index is 1.49. The van der Waals surface area contributed by atoms with E-state index < -0.39 is 10.2 Å². The highest BCUT2D eigenvalue weighted by molar-refractivity contribution is 7.86. The van der Waals surface area contributed by atoms with Gasteiger partial charge in [-0.3, -0.25) is 4.98 Å². The fourth-order valence-electron chi connectivity index (χ4n) is 4.35. The second-order valence-corrected chi connectivity index (χ2v) is 9.69. The molecule has 29 heavy (non-hydrogen) atoms. The SMILES string of the molecule is CCc1c(C)nc2ccccc2c1NC1CCN(S(=O)(=O)N2CCOCC2)CC1. The largest absolute Gasteiger partial charge is 0.381 e. The number of nitrogens with zero attached hydrogens (tertiary/aromatic N) is 3. The van der Waals surface area contributed by atoms with Crippen LogP contribution in [0.2, 0.25) is 0 Å². The van der Waals surface area contributed by atoms with Crippen molar-refractivity contribution in [2.45, 2.75) is 39.2 Å². The summed E-state index contributed by atoms with van der Waals surface area (Å²) in [5.41, 5.74) is 4.45. The van der Waals surface area contributed by atoms with E-state index in [0.29, 0.717) is 39.4 Å². The summed E-state index contributed by atoms with van der Waals surface area (Å²) in [6, 6.07) is 8.47. The van der Waals surface area contributed by atoms with Gasteiger partial charge in [-0.05, 0) is 37.8 Å². The maximum atomic E-state index is 12.9. The Morgan fingerprint density at radius 3 is 2.45 bits per heavy atom. The standard InChI is InChI=1S/C21H30N4O3S/c1-3-18-16(2)22-20-7-5-4-6-19(20)21(18)23-17-8-10-24(11-9-17)29(26,27)25-12-14-28-15-13-25/h4-7,17H,3,8-15H2,1-2H3,(H,22,23). The zero-order valence-electron chi connectivity index (χ0n) is 17.2. The molecule has 0 unspecified atom stereocenters. The highest BCUT2D eigenvalue weighted by Gasteiger charge is 2.34. The molecule has 2 aromatic rings. The lowest BCUT2D eigenvalue weighted by molar-refractivity contribution is 0.0697. The van der Waals surface area contributed by atoms with Crippen molar-refractivity contribution in [3.05, 3.63) is 35.5 Å². The van der Waals surface area contributed by atoms with Gasteiger partial charge >= 0.3 is 0 Å². The molecule has 2 aliphatic rings. The molecule has 0 amide bonds. The van der Waals surface area contributed by atoms with Crippen LogP contribution < -0.4 is 5.32 Å². The minimum absolute atomic E-state index is 0.252. The molecule has 0 saturated carbocycles. The number of para-hydroxylation sites is 1. The van der Waals surface area contributed by atoms with Crippen LogP contribution >= 0.6 is 0 Å². The van der Waals surface area contributed by atoms with E-state index in [-0.39, 0.29) is 6.04 Å². The van der Waals surface area contributed by atoms with Crippen molar-refractivity contribution in [2.24, 2.45) is 0 Å². The number of aryl methyl sites for hydroxylation is 1. The molecule has 0 radical (unpaired) electrons. The van der Waals surface area contributed by atoms with Gasteiger partial charge in [0.05, 0.1) is 18.7 Å². The van der Waals surface area contributed by atoms with Crippen LogP contribution in [0.3, 0.4) is 0 Å². The number of aromatic nitrogens is 1. The molecule has 0 spiro atoms. The zero-order chi connectivity index (χ0) is 20.4. The van der Waals surface area contributed by atoms with E-state index in [1.54, 1.807) is 8.61 Å². The van der Waals surface area contributed by atoms with Gasteiger partial charge in [0.2, 0.25) is 0 Å². The number of anilines is 1. The van der Waals surface area contributed by atoms with Crippen LogP contribution in [0.15, 0.2) is 24.3 Å². The summed E-state index contributed by atoms with van der Waals surface area (Å²) in [5, 5.41) is 4.88. The third-order valence-corrected chi connectivity index (χ3v) is 8.01. The first-order chi connectivity index (χ1) is 14.0. The summed E-state index contributed by atoms with van der Waals surface area (Å²) in [6.45, 7) is 7.15. The predicted molar refractivity (Wildman–Crippen MR) is 115 cm³/mol. The molecule has 1 N–H and O–H groups in total. The van der Waals surface area contributed by atoms with Gasteiger partial charge in [-0.2, -0.15) is 17.0 Å². The summed E-state index contributed by atoms with van der Waals surface area (Å²) in [6.07, 6.45) is 2.50. The average molecular weight is 419 g/mol. The monoisotopic (exact) mass is 418 g/mol. The Hall–Kier alpha value is -1.74. The molecule has 1 aromatic heterocycles. The van der Waals surface area contributed by atoms with Gasteiger partial charge in [-0.25, -0.2) is 0 Å². The molecule has 0 atom stereocenters. The summed E-state index contributed by atoms with van der Waals surface area (Å²) >= 11 is 0. The summed E-state index contributed by atoms with van der Waals surface area (Å²) in [4.78, 5) is 4.75. The highest BCUT2D eigenvalue weighted by atomic mass is 32.2. The number of morpholine rings is 1. The molecule has 1 aromatic carbocycles. The number of fused-ring (bicyclic) bond motifs is 1. The molecule has 7 nitrogen and oxygen atoms in total. The van der Waals surface area contributed by atoms with Crippen LogP contribution in [0.1, 0.15) is 31.0 Å². The summed E-state index contributed by atoms with van der Waals surface area (Å²) in [5.74, 6) is 0. The molecule has 0 bridgehead atoms. The first-order valence-corrected chi connectivity index (χ1v) is 11.9. The first-order valence-electron chi connectivity index (χ1n) is 10.5. The van der Waals surface area contributed by atoms with E-state index in [0.717, 1.165) is 41.5 Å². The van der Waals surface area contributed by atoms with Gasteiger partial charge < -0.3 is 10.1 Å². The highest BCUT2D eigenvalue weighted by Crippen LogP contribution is 2.31. The Kier molecular flexibility index (Phi) is 6.06. The van der Waals surface area contributed by atoms with E-state index in [2.05, 4.69) is 25.2 Å². The minimum Gasteiger partial charge on any atom is -0.381 e. The topological polar surface area (TPSA) is 74.8 Å². The second-order valence-electron chi connectivity index (χ2n) is 7.76. The molecular formula is C21H30N4O3S. The molecular weight excluding hydrogens is 388 g/mol. The van der Waals surface area contributed by atoms with E-state index in [1.165, 1.54) is 5.56 Å². The van der Waals surface area contributed by atoms with Crippen molar-refractivity contribution in [2.75, 3.05) is 44.7 Å². The molecule has 2 saturated heterocycles. The molecule has 0 aliphatic carbocycles. The van der Waals surface area contributed by atoms with Crippen molar-refractivity contribution in [3.8, 4) is 0 Å². The van der Waals surface area contributed by atoms with E-state index in [1.807, 2.05) is 18.2 Å². The van der Waals surface area contributed by atoms with Gasteiger partial charge in [0, 0.05) is 49.0 Å². The Bertz CT molecular complexity index is 965. The fourth-order valence-corrected chi connectivity index (χ4v) is 5.96. The van der Waals surface area contributed by atoms with Crippen molar-refractivity contribution >= 4 is 26.8 Å². The van der Waals surface area contributed by atoms with E-state index >= 15 is 0 Å². The third-order valence-electron chi connectivity index (χ3n) is 5.98. The van der Waals surface area contributed by atoms with Crippen molar-refractivity contribution in [3.63, 3.8) is 0 Å². The van der Waals surface area contributed by atoms with Crippen LogP contribution in [0.25, 0.3) is 10.9 Å². The number of nitrogens with one attached hydrogen (secondary N) is 1.